The maximum Gasteiger partial charge on any atom is 0.230 e. The number of carbonyl (C=O) groups excluding carboxylic acids is 1. The summed E-state index contributed by atoms with van der Waals surface area (Å²) < 4.78 is 2.13. The van der Waals surface area contributed by atoms with Gasteiger partial charge >= 0.3 is 0 Å². The van der Waals surface area contributed by atoms with Crippen molar-refractivity contribution in [2.45, 2.75) is 45.3 Å². The standard InChI is InChI=1S/C18H26N4OS/c1-4-10-22-16(11-15-8-6-5-7-9-15)20-21-18(22)24-13-17(23)19-12-14(2)3/h5-9,14H,4,10-13H2,1-3H3,(H,19,23). The van der Waals surface area contributed by atoms with Crippen LogP contribution in [0.15, 0.2) is 35.5 Å². The van der Waals surface area contributed by atoms with E-state index in [1.54, 1.807) is 0 Å². The first kappa shape index (κ1) is 18.5. The van der Waals surface area contributed by atoms with E-state index in [9.17, 15) is 4.79 Å². The molecule has 6 heteroatoms. The molecule has 2 aromatic rings. The molecule has 0 aliphatic carbocycles. The first-order valence-corrected chi connectivity index (χ1v) is 9.44. The molecule has 130 valence electrons. The molecule has 1 amide bonds. The quantitative estimate of drug-likeness (QED) is 0.709. The Bertz CT molecular complexity index is 640. The summed E-state index contributed by atoms with van der Waals surface area (Å²) in [6.45, 7) is 7.88. The molecule has 1 aromatic carbocycles. The fourth-order valence-electron chi connectivity index (χ4n) is 2.28. The van der Waals surface area contributed by atoms with Gasteiger partial charge < -0.3 is 9.88 Å². The molecule has 1 N–H and O–H groups in total. The number of aromatic nitrogens is 3. The molecule has 0 saturated heterocycles. The largest absolute Gasteiger partial charge is 0.355 e. The van der Waals surface area contributed by atoms with E-state index in [1.165, 1.54) is 17.3 Å². The van der Waals surface area contributed by atoms with E-state index in [1.807, 2.05) is 18.2 Å². The van der Waals surface area contributed by atoms with Gasteiger partial charge in [-0.05, 0) is 17.9 Å². The lowest BCUT2D eigenvalue weighted by Crippen LogP contribution is -2.28. The second kappa shape index (κ2) is 9.47. The maximum atomic E-state index is 11.9. The number of benzene rings is 1. The summed E-state index contributed by atoms with van der Waals surface area (Å²) in [5, 5.41) is 12.4. The molecule has 0 aliphatic rings. The fourth-order valence-corrected chi connectivity index (χ4v) is 3.10. The van der Waals surface area contributed by atoms with Gasteiger partial charge in [-0.25, -0.2) is 0 Å². The highest BCUT2D eigenvalue weighted by molar-refractivity contribution is 7.99. The Kier molecular flexibility index (Phi) is 7.31. The summed E-state index contributed by atoms with van der Waals surface area (Å²) in [4.78, 5) is 11.9. The zero-order chi connectivity index (χ0) is 17.4. The van der Waals surface area contributed by atoms with Crippen molar-refractivity contribution in [1.29, 1.82) is 0 Å². The van der Waals surface area contributed by atoms with Gasteiger partial charge in [-0.1, -0.05) is 62.9 Å². The normalized spacial score (nSPS) is 11.0. The van der Waals surface area contributed by atoms with E-state index in [-0.39, 0.29) is 5.91 Å². The third-order valence-electron chi connectivity index (χ3n) is 3.49. The minimum atomic E-state index is 0.0457. The monoisotopic (exact) mass is 346 g/mol. The molecule has 0 saturated carbocycles. The van der Waals surface area contributed by atoms with Crippen molar-refractivity contribution >= 4 is 17.7 Å². The molecule has 0 fully saturated rings. The van der Waals surface area contributed by atoms with Gasteiger partial charge in [-0.2, -0.15) is 0 Å². The summed E-state index contributed by atoms with van der Waals surface area (Å²) in [6, 6.07) is 10.3. The van der Waals surface area contributed by atoms with Gasteiger partial charge in [0.05, 0.1) is 5.75 Å². The molecule has 0 unspecified atom stereocenters. The van der Waals surface area contributed by atoms with Gasteiger partial charge in [0.2, 0.25) is 5.91 Å². The Labute approximate surface area is 148 Å². The minimum Gasteiger partial charge on any atom is -0.355 e. The lowest BCUT2D eigenvalue weighted by molar-refractivity contribution is -0.118. The molecule has 0 bridgehead atoms. The van der Waals surface area contributed by atoms with Crippen molar-refractivity contribution < 1.29 is 4.79 Å². The molecule has 5 nitrogen and oxygen atoms in total. The molecule has 2 rings (SSSR count). The maximum absolute atomic E-state index is 11.9. The Hall–Kier alpha value is -1.82. The highest BCUT2D eigenvalue weighted by Crippen LogP contribution is 2.19. The molecule has 1 heterocycles. The summed E-state index contributed by atoms with van der Waals surface area (Å²) >= 11 is 1.46. The zero-order valence-corrected chi connectivity index (χ0v) is 15.5. The minimum absolute atomic E-state index is 0.0457. The number of amides is 1. The highest BCUT2D eigenvalue weighted by Gasteiger charge is 2.14. The van der Waals surface area contributed by atoms with Crippen LogP contribution in [0.2, 0.25) is 0 Å². The third-order valence-corrected chi connectivity index (χ3v) is 4.45. The van der Waals surface area contributed by atoms with E-state index in [4.69, 9.17) is 0 Å². The Morgan fingerprint density at radius 2 is 2.00 bits per heavy atom. The van der Waals surface area contributed by atoms with Gasteiger partial charge in [-0.15, -0.1) is 10.2 Å². The van der Waals surface area contributed by atoms with Crippen molar-refractivity contribution in [3.63, 3.8) is 0 Å². The van der Waals surface area contributed by atoms with Crippen LogP contribution in [0.3, 0.4) is 0 Å². The summed E-state index contributed by atoms with van der Waals surface area (Å²) in [5.41, 5.74) is 1.22. The van der Waals surface area contributed by atoms with Crippen LogP contribution in [0.5, 0.6) is 0 Å². The predicted octanol–water partition coefficient (Wildman–Crippen LogP) is 3.14. The van der Waals surface area contributed by atoms with Crippen molar-refractivity contribution in [3.05, 3.63) is 41.7 Å². The molecule has 1 aromatic heterocycles. The molecule has 0 atom stereocenters. The zero-order valence-electron chi connectivity index (χ0n) is 14.7. The van der Waals surface area contributed by atoms with E-state index in [0.717, 1.165) is 30.4 Å². The average molecular weight is 347 g/mol. The van der Waals surface area contributed by atoms with Crippen LogP contribution in [0.25, 0.3) is 0 Å². The fraction of sp³-hybridized carbons (Fsp3) is 0.500. The van der Waals surface area contributed by atoms with Crippen LogP contribution >= 0.6 is 11.8 Å². The lowest BCUT2D eigenvalue weighted by atomic mass is 10.1. The van der Waals surface area contributed by atoms with Crippen LogP contribution in [0, 0.1) is 5.92 Å². The lowest BCUT2D eigenvalue weighted by Gasteiger charge is -2.10. The Balaban J connectivity index is 2.01. The number of carbonyl (C=O) groups is 1. The predicted molar refractivity (Wildman–Crippen MR) is 98.1 cm³/mol. The van der Waals surface area contributed by atoms with Gasteiger partial charge in [-0.3, -0.25) is 4.79 Å². The van der Waals surface area contributed by atoms with Gasteiger partial charge in [0.15, 0.2) is 5.16 Å². The van der Waals surface area contributed by atoms with Gasteiger partial charge in [0, 0.05) is 19.5 Å². The topological polar surface area (TPSA) is 59.8 Å². The molecule has 0 radical (unpaired) electrons. The SMILES string of the molecule is CCCn1c(Cc2ccccc2)nnc1SCC(=O)NCC(C)C. The molecule has 24 heavy (non-hydrogen) atoms. The number of hydrogen-bond donors (Lipinski definition) is 1. The number of thioether (sulfide) groups is 1. The Morgan fingerprint density at radius 1 is 1.25 bits per heavy atom. The van der Waals surface area contributed by atoms with Crippen molar-refractivity contribution in [2.75, 3.05) is 12.3 Å². The van der Waals surface area contributed by atoms with Gasteiger partial charge in [0.25, 0.3) is 0 Å². The van der Waals surface area contributed by atoms with Crippen LogP contribution in [0.1, 0.15) is 38.6 Å². The van der Waals surface area contributed by atoms with Crippen LogP contribution < -0.4 is 5.32 Å². The summed E-state index contributed by atoms with van der Waals surface area (Å²) in [7, 11) is 0. The summed E-state index contributed by atoms with van der Waals surface area (Å²) in [6.07, 6.45) is 1.76. The Morgan fingerprint density at radius 3 is 2.67 bits per heavy atom. The number of nitrogens with zero attached hydrogens (tertiary/aromatic N) is 3. The smallest absolute Gasteiger partial charge is 0.230 e. The number of hydrogen-bond acceptors (Lipinski definition) is 4. The third kappa shape index (κ3) is 5.67. The first-order valence-electron chi connectivity index (χ1n) is 8.45. The second-order valence-corrected chi connectivity index (χ2v) is 7.14. The van der Waals surface area contributed by atoms with E-state index in [2.05, 4.69) is 53.0 Å². The van der Waals surface area contributed by atoms with Crippen molar-refractivity contribution in [2.24, 2.45) is 5.92 Å². The number of nitrogens with one attached hydrogen (secondary N) is 1. The van der Waals surface area contributed by atoms with Crippen LogP contribution in [-0.4, -0.2) is 33.0 Å². The van der Waals surface area contributed by atoms with Crippen LogP contribution in [-0.2, 0) is 17.8 Å². The van der Waals surface area contributed by atoms with Crippen LogP contribution in [0.4, 0.5) is 0 Å². The van der Waals surface area contributed by atoms with Crippen molar-refractivity contribution in [3.8, 4) is 0 Å². The summed E-state index contributed by atoms with van der Waals surface area (Å²) in [5.74, 6) is 1.83. The molecular formula is C18H26N4OS. The van der Waals surface area contributed by atoms with Gasteiger partial charge in [0.1, 0.15) is 5.82 Å². The van der Waals surface area contributed by atoms with Crippen molar-refractivity contribution in [1.82, 2.24) is 20.1 Å². The number of rotatable bonds is 9. The average Bonchev–Trinajstić information content (AvgIpc) is 2.94. The second-order valence-electron chi connectivity index (χ2n) is 6.20. The molecule has 0 spiro atoms. The van der Waals surface area contributed by atoms with E-state index in [0.29, 0.717) is 18.2 Å². The molecule has 0 aliphatic heterocycles. The molecular weight excluding hydrogens is 320 g/mol. The van der Waals surface area contributed by atoms with E-state index < -0.39 is 0 Å². The first-order chi connectivity index (χ1) is 11.6. The highest BCUT2D eigenvalue weighted by atomic mass is 32.2. The van der Waals surface area contributed by atoms with E-state index >= 15 is 0 Å².